The van der Waals surface area contributed by atoms with Gasteiger partial charge in [-0.1, -0.05) is 0 Å². The molecule has 23 heavy (non-hydrogen) atoms. The number of hydrogen-bond donors (Lipinski definition) is 0. The second-order valence-electron chi connectivity index (χ2n) is 5.00. The fourth-order valence-corrected chi connectivity index (χ4v) is 5.34. The zero-order valence-corrected chi connectivity index (χ0v) is 16.0. The molecule has 0 N–H and O–H groups in total. The number of thioether (sulfide) groups is 1. The van der Waals surface area contributed by atoms with Crippen LogP contribution < -0.4 is 9.47 Å². The second-order valence-corrected chi connectivity index (χ2v) is 8.57. The van der Waals surface area contributed by atoms with E-state index in [1.165, 1.54) is 4.88 Å². The minimum absolute atomic E-state index is 0.0607. The van der Waals surface area contributed by atoms with Crippen LogP contribution in [0.25, 0.3) is 0 Å². The Morgan fingerprint density at radius 3 is 2.74 bits per heavy atom. The highest BCUT2D eigenvalue weighted by Crippen LogP contribution is 2.43. The highest BCUT2D eigenvalue weighted by atomic mass is 79.9. The molecule has 0 aliphatic carbocycles. The Morgan fingerprint density at radius 1 is 1.26 bits per heavy atom. The number of nitrogens with zero attached hydrogens (tertiary/aromatic N) is 1. The second kappa shape index (κ2) is 7.15. The average Bonchev–Trinajstić information content (AvgIpc) is 3.14. The van der Waals surface area contributed by atoms with Crippen LogP contribution >= 0.6 is 39.0 Å². The molecule has 1 aromatic carbocycles. The fraction of sp³-hybridized carbons (Fsp3) is 0.312. The topological polar surface area (TPSA) is 38.8 Å². The van der Waals surface area contributed by atoms with Gasteiger partial charge in [-0.2, -0.15) is 0 Å². The van der Waals surface area contributed by atoms with Crippen molar-refractivity contribution in [3.63, 3.8) is 0 Å². The van der Waals surface area contributed by atoms with E-state index in [4.69, 9.17) is 9.47 Å². The Balaban J connectivity index is 1.86. The van der Waals surface area contributed by atoms with Crippen molar-refractivity contribution < 1.29 is 14.3 Å². The van der Waals surface area contributed by atoms with Gasteiger partial charge in [0.05, 0.1) is 30.3 Å². The number of methoxy groups -OCH3 is 2. The first kappa shape index (κ1) is 16.7. The SMILES string of the molecule is COc1ccc(CN2C(=O)CSC2c2ccc(Br)s2)c(OC)c1. The molecule has 1 amide bonds. The van der Waals surface area contributed by atoms with E-state index in [2.05, 4.69) is 22.0 Å². The molecule has 0 spiro atoms. The predicted octanol–water partition coefficient (Wildman–Crippen LogP) is 4.30. The van der Waals surface area contributed by atoms with Gasteiger partial charge in [-0.25, -0.2) is 0 Å². The van der Waals surface area contributed by atoms with E-state index in [0.717, 1.165) is 20.8 Å². The van der Waals surface area contributed by atoms with Crippen molar-refractivity contribution in [3.05, 3.63) is 44.6 Å². The maximum absolute atomic E-state index is 12.3. The van der Waals surface area contributed by atoms with Gasteiger partial charge < -0.3 is 14.4 Å². The average molecular weight is 414 g/mol. The molecule has 1 aliphatic rings. The molecule has 2 heterocycles. The summed E-state index contributed by atoms with van der Waals surface area (Å²) in [5.41, 5.74) is 0.977. The summed E-state index contributed by atoms with van der Waals surface area (Å²) in [4.78, 5) is 15.4. The van der Waals surface area contributed by atoms with Crippen LogP contribution in [-0.2, 0) is 11.3 Å². The van der Waals surface area contributed by atoms with E-state index in [1.54, 1.807) is 37.3 Å². The minimum Gasteiger partial charge on any atom is -0.497 e. The summed E-state index contributed by atoms with van der Waals surface area (Å²) in [5.74, 6) is 2.15. The summed E-state index contributed by atoms with van der Waals surface area (Å²) >= 11 is 6.83. The number of halogens is 1. The lowest BCUT2D eigenvalue weighted by molar-refractivity contribution is -0.128. The first-order chi connectivity index (χ1) is 11.1. The number of ether oxygens (including phenoxy) is 2. The number of amides is 1. The Labute approximate surface area is 151 Å². The summed E-state index contributed by atoms with van der Waals surface area (Å²) in [6, 6.07) is 9.79. The molecule has 1 unspecified atom stereocenters. The summed E-state index contributed by atoms with van der Waals surface area (Å²) < 4.78 is 11.8. The van der Waals surface area contributed by atoms with Crippen LogP contribution in [0.15, 0.2) is 34.1 Å². The normalized spacial score (nSPS) is 17.6. The maximum Gasteiger partial charge on any atom is 0.234 e. The highest BCUT2D eigenvalue weighted by Gasteiger charge is 2.34. The number of rotatable bonds is 5. The highest BCUT2D eigenvalue weighted by molar-refractivity contribution is 9.11. The van der Waals surface area contributed by atoms with Crippen LogP contribution in [0, 0.1) is 0 Å². The van der Waals surface area contributed by atoms with Crippen molar-refractivity contribution in [2.24, 2.45) is 0 Å². The molecule has 7 heteroatoms. The lowest BCUT2D eigenvalue weighted by Gasteiger charge is -2.24. The lowest BCUT2D eigenvalue weighted by atomic mass is 10.1. The van der Waals surface area contributed by atoms with Gasteiger partial charge in [0.1, 0.15) is 16.9 Å². The molecule has 0 bridgehead atoms. The monoisotopic (exact) mass is 413 g/mol. The molecule has 0 saturated carbocycles. The summed E-state index contributed by atoms with van der Waals surface area (Å²) in [6.45, 7) is 0.527. The Bertz CT molecular complexity index is 719. The molecular formula is C16H16BrNO3S2. The van der Waals surface area contributed by atoms with Crippen molar-refractivity contribution in [1.29, 1.82) is 0 Å². The van der Waals surface area contributed by atoms with E-state index in [1.807, 2.05) is 29.2 Å². The van der Waals surface area contributed by atoms with E-state index in [-0.39, 0.29) is 11.3 Å². The van der Waals surface area contributed by atoms with E-state index < -0.39 is 0 Å². The number of hydrogen-bond acceptors (Lipinski definition) is 5. The molecule has 1 saturated heterocycles. The molecule has 4 nitrogen and oxygen atoms in total. The number of thiophene rings is 1. The van der Waals surface area contributed by atoms with Gasteiger partial charge in [-0.3, -0.25) is 4.79 Å². The van der Waals surface area contributed by atoms with Gasteiger partial charge >= 0.3 is 0 Å². The van der Waals surface area contributed by atoms with Crippen molar-refractivity contribution in [2.75, 3.05) is 20.0 Å². The summed E-state index contributed by atoms with van der Waals surface area (Å²) in [6.07, 6.45) is 0. The van der Waals surface area contributed by atoms with Gasteiger partial charge in [0.25, 0.3) is 0 Å². The third-order valence-corrected chi connectivity index (χ3v) is 6.70. The molecule has 0 radical (unpaired) electrons. The minimum atomic E-state index is 0.0607. The zero-order valence-electron chi connectivity index (χ0n) is 12.7. The Hall–Kier alpha value is -1.18. The van der Waals surface area contributed by atoms with Crippen LogP contribution in [-0.4, -0.2) is 30.8 Å². The van der Waals surface area contributed by atoms with Crippen molar-refractivity contribution in [3.8, 4) is 11.5 Å². The van der Waals surface area contributed by atoms with Crippen molar-refractivity contribution in [1.82, 2.24) is 4.90 Å². The number of benzene rings is 1. The van der Waals surface area contributed by atoms with Crippen LogP contribution in [0.1, 0.15) is 15.8 Å². The van der Waals surface area contributed by atoms with E-state index >= 15 is 0 Å². The molecule has 3 rings (SSSR count). The third kappa shape index (κ3) is 3.51. The number of carbonyl (C=O) groups excluding carboxylic acids is 1. The maximum atomic E-state index is 12.3. The summed E-state index contributed by atoms with van der Waals surface area (Å²) in [5, 5.41) is 0.0607. The fourth-order valence-electron chi connectivity index (χ4n) is 2.49. The Morgan fingerprint density at radius 2 is 2.09 bits per heavy atom. The molecule has 1 aliphatic heterocycles. The standard InChI is InChI=1S/C16H16BrNO3S2/c1-20-11-4-3-10(12(7-11)21-2)8-18-15(19)9-22-16(18)13-5-6-14(17)23-13/h3-7,16H,8-9H2,1-2H3. The zero-order chi connectivity index (χ0) is 16.4. The first-order valence-corrected chi connectivity index (χ1v) is 9.65. The quantitative estimate of drug-likeness (QED) is 0.731. The first-order valence-electron chi connectivity index (χ1n) is 6.99. The Kier molecular flexibility index (Phi) is 5.18. The largest absolute Gasteiger partial charge is 0.497 e. The smallest absolute Gasteiger partial charge is 0.234 e. The number of carbonyl (C=O) groups is 1. The van der Waals surface area contributed by atoms with Crippen molar-refractivity contribution >= 4 is 44.9 Å². The molecule has 1 atom stereocenters. The summed E-state index contributed by atoms with van der Waals surface area (Å²) in [7, 11) is 3.26. The lowest BCUT2D eigenvalue weighted by Crippen LogP contribution is -2.27. The van der Waals surface area contributed by atoms with Crippen LogP contribution in [0.3, 0.4) is 0 Å². The molecule has 1 aromatic heterocycles. The van der Waals surface area contributed by atoms with Crippen LogP contribution in [0.4, 0.5) is 0 Å². The van der Waals surface area contributed by atoms with Gasteiger partial charge in [0.2, 0.25) is 5.91 Å². The van der Waals surface area contributed by atoms with Crippen molar-refractivity contribution in [2.45, 2.75) is 11.9 Å². The molecule has 122 valence electrons. The van der Waals surface area contributed by atoms with Gasteiger partial charge in [0, 0.05) is 16.5 Å². The van der Waals surface area contributed by atoms with E-state index in [0.29, 0.717) is 12.3 Å². The molecule has 1 fully saturated rings. The van der Waals surface area contributed by atoms with Crippen LogP contribution in [0.2, 0.25) is 0 Å². The third-order valence-electron chi connectivity index (χ3n) is 3.64. The van der Waals surface area contributed by atoms with Gasteiger partial charge in [-0.15, -0.1) is 23.1 Å². The predicted molar refractivity (Wildman–Crippen MR) is 97.3 cm³/mol. The van der Waals surface area contributed by atoms with Gasteiger partial charge in [-0.05, 0) is 40.2 Å². The van der Waals surface area contributed by atoms with E-state index in [9.17, 15) is 4.79 Å². The van der Waals surface area contributed by atoms with Crippen LogP contribution in [0.5, 0.6) is 11.5 Å². The molecule has 2 aromatic rings. The van der Waals surface area contributed by atoms with Gasteiger partial charge in [0.15, 0.2) is 0 Å². The molecular weight excluding hydrogens is 398 g/mol.